The standard InChI is InChI=1S/C13H20N2O/c14-13(6-7-16)12-9-15(10-12)8-11-4-2-1-3-5-11/h1-5,12-13,16H,6-10,14H2/t13-/m1/s1. The van der Waals surface area contributed by atoms with Crippen LogP contribution in [0.1, 0.15) is 12.0 Å². The van der Waals surface area contributed by atoms with E-state index in [1.807, 2.05) is 6.07 Å². The number of nitrogens with zero attached hydrogens (tertiary/aromatic N) is 1. The summed E-state index contributed by atoms with van der Waals surface area (Å²) < 4.78 is 0. The topological polar surface area (TPSA) is 49.5 Å². The van der Waals surface area contributed by atoms with Gasteiger partial charge in [-0.1, -0.05) is 30.3 Å². The van der Waals surface area contributed by atoms with Crippen molar-refractivity contribution in [3.05, 3.63) is 35.9 Å². The first kappa shape index (κ1) is 11.6. The van der Waals surface area contributed by atoms with Crippen molar-refractivity contribution in [2.24, 2.45) is 11.7 Å². The van der Waals surface area contributed by atoms with Crippen molar-refractivity contribution in [2.45, 2.75) is 19.0 Å². The highest BCUT2D eigenvalue weighted by atomic mass is 16.3. The molecule has 3 nitrogen and oxygen atoms in total. The molecule has 0 aliphatic carbocycles. The fourth-order valence-corrected chi connectivity index (χ4v) is 2.24. The van der Waals surface area contributed by atoms with Gasteiger partial charge in [0.05, 0.1) is 0 Å². The summed E-state index contributed by atoms with van der Waals surface area (Å²) in [6, 6.07) is 10.7. The molecular formula is C13H20N2O. The van der Waals surface area contributed by atoms with Gasteiger partial charge in [-0.25, -0.2) is 0 Å². The number of aliphatic hydroxyl groups excluding tert-OH is 1. The Hall–Kier alpha value is -0.900. The van der Waals surface area contributed by atoms with Crippen LogP contribution in [-0.4, -0.2) is 35.7 Å². The van der Waals surface area contributed by atoms with Crippen LogP contribution in [0.2, 0.25) is 0 Å². The molecule has 3 N–H and O–H groups in total. The molecule has 0 spiro atoms. The highest BCUT2D eigenvalue weighted by molar-refractivity contribution is 5.15. The molecule has 0 unspecified atom stereocenters. The predicted molar refractivity (Wildman–Crippen MR) is 64.9 cm³/mol. The lowest BCUT2D eigenvalue weighted by Crippen LogP contribution is -2.54. The molecule has 1 aliphatic heterocycles. The van der Waals surface area contributed by atoms with E-state index in [-0.39, 0.29) is 12.6 Å². The molecule has 1 aliphatic rings. The smallest absolute Gasteiger partial charge is 0.0445 e. The monoisotopic (exact) mass is 220 g/mol. The van der Waals surface area contributed by atoms with Gasteiger partial charge in [0.1, 0.15) is 0 Å². The second-order valence-corrected chi connectivity index (χ2v) is 4.62. The molecule has 0 radical (unpaired) electrons. The lowest BCUT2D eigenvalue weighted by Gasteiger charge is -2.42. The van der Waals surface area contributed by atoms with Crippen molar-refractivity contribution in [3.8, 4) is 0 Å². The largest absolute Gasteiger partial charge is 0.396 e. The molecule has 16 heavy (non-hydrogen) atoms. The van der Waals surface area contributed by atoms with Gasteiger partial charge in [-0.05, 0) is 17.9 Å². The van der Waals surface area contributed by atoms with Gasteiger partial charge in [0.25, 0.3) is 0 Å². The summed E-state index contributed by atoms with van der Waals surface area (Å²) in [5.41, 5.74) is 7.32. The Kier molecular flexibility index (Phi) is 3.93. The number of nitrogens with two attached hydrogens (primary N) is 1. The highest BCUT2D eigenvalue weighted by Crippen LogP contribution is 2.21. The van der Waals surface area contributed by atoms with Crippen molar-refractivity contribution in [1.82, 2.24) is 4.90 Å². The van der Waals surface area contributed by atoms with Gasteiger partial charge in [0.15, 0.2) is 0 Å². The van der Waals surface area contributed by atoms with Crippen LogP contribution < -0.4 is 5.73 Å². The molecule has 88 valence electrons. The number of rotatable bonds is 5. The van der Waals surface area contributed by atoms with Gasteiger partial charge in [0, 0.05) is 32.3 Å². The van der Waals surface area contributed by atoms with Crippen LogP contribution in [0.15, 0.2) is 30.3 Å². The third-order valence-corrected chi connectivity index (χ3v) is 3.30. The number of benzene rings is 1. The normalized spacial score (nSPS) is 19.4. The molecule has 0 bridgehead atoms. The van der Waals surface area contributed by atoms with Crippen molar-refractivity contribution >= 4 is 0 Å². The second kappa shape index (κ2) is 5.43. The van der Waals surface area contributed by atoms with Crippen molar-refractivity contribution in [1.29, 1.82) is 0 Å². The Morgan fingerprint density at radius 1 is 1.31 bits per heavy atom. The first-order valence-electron chi connectivity index (χ1n) is 5.92. The Morgan fingerprint density at radius 2 is 2.00 bits per heavy atom. The summed E-state index contributed by atoms with van der Waals surface area (Å²) >= 11 is 0. The van der Waals surface area contributed by atoms with Gasteiger partial charge in [0.2, 0.25) is 0 Å². The Bertz CT molecular complexity index is 309. The number of hydrogen-bond donors (Lipinski definition) is 2. The van der Waals surface area contributed by atoms with E-state index in [1.54, 1.807) is 0 Å². The van der Waals surface area contributed by atoms with Crippen molar-refractivity contribution < 1.29 is 5.11 Å². The van der Waals surface area contributed by atoms with Crippen LogP contribution in [-0.2, 0) is 6.54 Å². The molecule has 2 rings (SSSR count). The van der Waals surface area contributed by atoms with Crippen LogP contribution in [0, 0.1) is 5.92 Å². The first-order chi connectivity index (χ1) is 7.79. The summed E-state index contributed by atoms with van der Waals surface area (Å²) in [6.07, 6.45) is 0.726. The minimum absolute atomic E-state index is 0.164. The summed E-state index contributed by atoms with van der Waals surface area (Å²) in [7, 11) is 0. The van der Waals surface area contributed by atoms with E-state index in [1.165, 1.54) is 5.56 Å². The zero-order valence-electron chi connectivity index (χ0n) is 9.55. The quantitative estimate of drug-likeness (QED) is 0.772. The summed E-state index contributed by atoms with van der Waals surface area (Å²) in [4.78, 5) is 2.40. The van der Waals surface area contributed by atoms with Gasteiger partial charge in [-0.15, -0.1) is 0 Å². The zero-order valence-corrected chi connectivity index (χ0v) is 9.55. The maximum Gasteiger partial charge on any atom is 0.0445 e. The number of aliphatic hydroxyl groups is 1. The first-order valence-corrected chi connectivity index (χ1v) is 5.92. The average molecular weight is 220 g/mol. The van der Waals surface area contributed by atoms with Crippen LogP contribution >= 0.6 is 0 Å². The maximum atomic E-state index is 8.81. The van der Waals surface area contributed by atoms with Crippen molar-refractivity contribution in [3.63, 3.8) is 0 Å². The van der Waals surface area contributed by atoms with Crippen LogP contribution in [0.5, 0.6) is 0 Å². The molecular weight excluding hydrogens is 200 g/mol. The van der Waals surface area contributed by atoms with Gasteiger partial charge >= 0.3 is 0 Å². The van der Waals surface area contributed by atoms with Gasteiger partial charge in [-0.2, -0.15) is 0 Å². The van der Waals surface area contributed by atoms with E-state index >= 15 is 0 Å². The number of hydrogen-bond acceptors (Lipinski definition) is 3. The molecule has 1 saturated heterocycles. The maximum absolute atomic E-state index is 8.81. The molecule has 1 aromatic carbocycles. The summed E-state index contributed by atoms with van der Waals surface area (Å²) in [5.74, 6) is 0.566. The molecule has 1 heterocycles. The molecule has 0 amide bonds. The fraction of sp³-hybridized carbons (Fsp3) is 0.538. The highest BCUT2D eigenvalue weighted by Gasteiger charge is 2.30. The van der Waals surface area contributed by atoms with Crippen LogP contribution in [0.4, 0.5) is 0 Å². The van der Waals surface area contributed by atoms with E-state index in [9.17, 15) is 0 Å². The van der Waals surface area contributed by atoms with Gasteiger partial charge < -0.3 is 10.8 Å². The molecule has 1 aromatic rings. The molecule has 1 atom stereocenters. The predicted octanol–water partition coefficient (Wildman–Crippen LogP) is 0.828. The van der Waals surface area contributed by atoms with E-state index in [0.29, 0.717) is 5.92 Å². The Balaban J connectivity index is 1.73. The van der Waals surface area contributed by atoms with Crippen molar-refractivity contribution in [2.75, 3.05) is 19.7 Å². The molecule has 0 aromatic heterocycles. The van der Waals surface area contributed by atoms with Crippen LogP contribution in [0.3, 0.4) is 0 Å². The minimum atomic E-state index is 0.164. The lowest BCUT2D eigenvalue weighted by atomic mass is 9.90. The Labute approximate surface area is 96.9 Å². The molecule has 0 saturated carbocycles. The Morgan fingerprint density at radius 3 is 2.62 bits per heavy atom. The molecule has 3 heteroatoms. The summed E-state index contributed by atoms with van der Waals surface area (Å²) in [6.45, 7) is 3.35. The average Bonchev–Trinajstić information content (AvgIpc) is 2.24. The third-order valence-electron chi connectivity index (χ3n) is 3.30. The van der Waals surface area contributed by atoms with E-state index in [0.717, 1.165) is 26.1 Å². The van der Waals surface area contributed by atoms with Gasteiger partial charge in [-0.3, -0.25) is 4.90 Å². The molecule has 1 fully saturated rings. The van der Waals surface area contributed by atoms with Crippen LogP contribution in [0.25, 0.3) is 0 Å². The lowest BCUT2D eigenvalue weighted by molar-refractivity contribution is 0.0672. The number of likely N-dealkylation sites (tertiary alicyclic amines) is 1. The van der Waals surface area contributed by atoms with E-state index in [2.05, 4.69) is 29.2 Å². The second-order valence-electron chi connectivity index (χ2n) is 4.62. The summed E-state index contributed by atoms with van der Waals surface area (Å²) in [5, 5.41) is 8.81. The fourth-order valence-electron chi connectivity index (χ4n) is 2.24. The minimum Gasteiger partial charge on any atom is -0.396 e. The van der Waals surface area contributed by atoms with E-state index < -0.39 is 0 Å². The SMILES string of the molecule is N[C@H](CCO)C1CN(Cc2ccccc2)C1. The third kappa shape index (κ3) is 2.82. The zero-order chi connectivity index (χ0) is 11.4. The van der Waals surface area contributed by atoms with E-state index in [4.69, 9.17) is 10.8 Å².